The van der Waals surface area contributed by atoms with Crippen molar-refractivity contribution in [2.24, 2.45) is 0 Å². The molecule has 0 saturated carbocycles. The van der Waals surface area contributed by atoms with E-state index in [0.717, 1.165) is 24.1 Å². The third-order valence-corrected chi connectivity index (χ3v) is 5.98. The molecule has 0 aliphatic carbocycles. The van der Waals surface area contributed by atoms with Crippen molar-refractivity contribution >= 4 is 11.8 Å². The summed E-state index contributed by atoms with van der Waals surface area (Å²) in [4.78, 5) is 41.5. The quantitative estimate of drug-likeness (QED) is 0.621. The van der Waals surface area contributed by atoms with E-state index < -0.39 is 0 Å². The lowest BCUT2D eigenvalue weighted by atomic mass is 9.92. The zero-order chi connectivity index (χ0) is 23.4. The van der Waals surface area contributed by atoms with Crippen molar-refractivity contribution in [1.29, 1.82) is 0 Å². The first-order valence-corrected chi connectivity index (χ1v) is 11.1. The molecule has 1 N–H and O–H groups in total. The van der Waals surface area contributed by atoms with Crippen LogP contribution < -0.4 is 5.56 Å². The SMILES string of the molecule is Cc1ccc(=O)n(CC(=O)N2CCC[C@@H](c3[nH]ncc3C(=O)N(C)Cc3ccccc3)C2)n1. The van der Waals surface area contributed by atoms with Crippen LogP contribution in [0.5, 0.6) is 0 Å². The maximum Gasteiger partial charge on any atom is 0.267 e. The Kier molecular flexibility index (Phi) is 6.67. The molecule has 1 aromatic carbocycles. The Bertz CT molecular complexity index is 1190. The van der Waals surface area contributed by atoms with Crippen molar-refractivity contribution in [1.82, 2.24) is 29.8 Å². The second kappa shape index (κ2) is 9.81. The number of hydrogen-bond acceptors (Lipinski definition) is 5. The van der Waals surface area contributed by atoms with E-state index in [2.05, 4.69) is 15.3 Å². The second-order valence-corrected chi connectivity index (χ2v) is 8.49. The lowest BCUT2D eigenvalue weighted by Crippen LogP contribution is -2.43. The maximum atomic E-state index is 13.1. The predicted molar refractivity (Wildman–Crippen MR) is 123 cm³/mol. The average molecular weight is 449 g/mol. The van der Waals surface area contributed by atoms with Crippen LogP contribution in [0.1, 0.15) is 46.1 Å². The fraction of sp³-hybridized carbons (Fsp3) is 0.375. The van der Waals surface area contributed by atoms with E-state index in [4.69, 9.17) is 0 Å². The molecule has 0 bridgehead atoms. The fourth-order valence-electron chi connectivity index (χ4n) is 4.24. The Morgan fingerprint density at radius 3 is 2.76 bits per heavy atom. The number of aryl methyl sites for hydroxylation is 1. The standard InChI is InChI=1S/C24H28N6O3/c1-17-10-11-21(31)30(27-17)16-22(32)29-12-6-9-19(15-29)23-20(13-25-26-23)24(33)28(2)14-18-7-4-3-5-8-18/h3-5,7-8,10-11,13,19H,6,9,12,14-16H2,1-2H3,(H,25,26)/t19-/m1/s1. The van der Waals surface area contributed by atoms with E-state index >= 15 is 0 Å². The Balaban J connectivity index is 1.45. The van der Waals surface area contributed by atoms with Crippen LogP contribution in [0.2, 0.25) is 0 Å². The number of hydrogen-bond donors (Lipinski definition) is 1. The fourth-order valence-corrected chi connectivity index (χ4v) is 4.24. The number of H-pyrrole nitrogens is 1. The first kappa shape index (κ1) is 22.4. The van der Waals surface area contributed by atoms with E-state index in [-0.39, 0.29) is 29.8 Å². The summed E-state index contributed by atoms with van der Waals surface area (Å²) in [5.41, 5.74) is 2.71. The average Bonchev–Trinajstić information content (AvgIpc) is 3.31. The number of nitrogens with zero attached hydrogens (tertiary/aromatic N) is 5. The number of nitrogens with one attached hydrogen (secondary N) is 1. The molecule has 1 aliphatic heterocycles. The van der Waals surface area contributed by atoms with Gasteiger partial charge < -0.3 is 9.80 Å². The number of piperidine rings is 1. The highest BCUT2D eigenvalue weighted by Gasteiger charge is 2.30. The van der Waals surface area contributed by atoms with Crippen molar-refractivity contribution in [3.05, 3.63) is 81.5 Å². The third-order valence-electron chi connectivity index (χ3n) is 5.98. The number of rotatable bonds is 6. The monoisotopic (exact) mass is 448 g/mol. The van der Waals surface area contributed by atoms with Crippen LogP contribution in [0.15, 0.2) is 53.5 Å². The van der Waals surface area contributed by atoms with Crippen LogP contribution in [0.4, 0.5) is 0 Å². The molecule has 2 amide bonds. The third kappa shape index (κ3) is 5.19. The molecule has 1 aliphatic rings. The summed E-state index contributed by atoms with van der Waals surface area (Å²) in [7, 11) is 1.77. The highest BCUT2D eigenvalue weighted by Crippen LogP contribution is 2.28. The Hall–Kier alpha value is -3.75. The number of carbonyl (C=O) groups is 2. The van der Waals surface area contributed by atoms with Crippen molar-refractivity contribution in [2.75, 3.05) is 20.1 Å². The molecule has 172 valence electrons. The number of benzene rings is 1. The minimum Gasteiger partial charge on any atom is -0.340 e. The molecule has 2 aromatic heterocycles. The summed E-state index contributed by atoms with van der Waals surface area (Å²) in [5, 5.41) is 11.3. The lowest BCUT2D eigenvalue weighted by molar-refractivity contribution is -0.133. The molecule has 0 radical (unpaired) electrons. The van der Waals surface area contributed by atoms with Gasteiger partial charge in [0.05, 0.1) is 23.1 Å². The Morgan fingerprint density at radius 1 is 1.18 bits per heavy atom. The molecule has 33 heavy (non-hydrogen) atoms. The second-order valence-electron chi connectivity index (χ2n) is 8.49. The predicted octanol–water partition coefficient (Wildman–Crippen LogP) is 1.95. The lowest BCUT2D eigenvalue weighted by Gasteiger charge is -2.33. The summed E-state index contributed by atoms with van der Waals surface area (Å²) >= 11 is 0. The van der Waals surface area contributed by atoms with E-state index in [1.165, 1.54) is 10.7 Å². The summed E-state index contributed by atoms with van der Waals surface area (Å²) in [6.07, 6.45) is 3.21. The largest absolute Gasteiger partial charge is 0.340 e. The molecule has 1 saturated heterocycles. The van der Waals surface area contributed by atoms with Gasteiger partial charge in [0, 0.05) is 38.7 Å². The van der Waals surface area contributed by atoms with Gasteiger partial charge in [0.1, 0.15) is 6.54 Å². The summed E-state index contributed by atoms with van der Waals surface area (Å²) in [6.45, 7) is 3.26. The van der Waals surface area contributed by atoms with Gasteiger partial charge in [0.15, 0.2) is 0 Å². The van der Waals surface area contributed by atoms with Gasteiger partial charge in [0.2, 0.25) is 5.91 Å². The van der Waals surface area contributed by atoms with Gasteiger partial charge in [-0.05, 0) is 31.4 Å². The molecular formula is C24H28N6O3. The Labute approximate surface area is 192 Å². The summed E-state index contributed by atoms with van der Waals surface area (Å²) < 4.78 is 1.20. The highest BCUT2D eigenvalue weighted by molar-refractivity contribution is 5.95. The zero-order valence-electron chi connectivity index (χ0n) is 18.9. The van der Waals surface area contributed by atoms with Gasteiger partial charge in [-0.3, -0.25) is 19.5 Å². The molecule has 1 atom stereocenters. The number of carbonyl (C=O) groups excluding carboxylic acids is 2. The molecule has 1 fully saturated rings. The van der Waals surface area contributed by atoms with E-state index in [1.807, 2.05) is 30.3 Å². The number of amides is 2. The van der Waals surface area contributed by atoms with Crippen LogP contribution in [0.3, 0.4) is 0 Å². The highest BCUT2D eigenvalue weighted by atomic mass is 16.2. The number of likely N-dealkylation sites (tertiary alicyclic amines) is 1. The van der Waals surface area contributed by atoms with Crippen molar-refractivity contribution in [3.8, 4) is 0 Å². The first-order valence-electron chi connectivity index (χ1n) is 11.1. The minimum atomic E-state index is -0.301. The molecule has 9 nitrogen and oxygen atoms in total. The van der Waals surface area contributed by atoms with Crippen molar-refractivity contribution in [3.63, 3.8) is 0 Å². The molecule has 3 heterocycles. The Morgan fingerprint density at radius 2 is 1.97 bits per heavy atom. The number of aromatic nitrogens is 4. The van der Waals surface area contributed by atoms with Gasteiger partial charge in [0.25, 0.3) is 11.5 Å². The van der Waals surface area contributed by atoms with Crippen LogP contribution in [0, 0.1) is 6.92 Å². The molecule has 9 heteroatoms. The van der Waals surface area contributed by atoms with E-state index in [0.29, 0.717) is 30.9 Å². The van der Waals surface area contributed by atoms with Gasteiger partial charge in [-0.1, -0.05) is 30.3 Å². The topological polar surface area (TPSA) is 104 Å². The van der Waals surface area contributed by atoms with Gasteiger partial charge in [-0.2, -0.15) is 10.2 Å². The molecule has 4 rings (SSSR count). The minimum absolute atomic E-state index is 0.0311. The molecule has 0 spiro atoms. The smallest absolute Gasteiger partial charge is 0.267 e. The van der Waals surface area contributed by atoms with Crippen LogP contribution in [-0.4, -0.2) is 61.7 Å². The summed E-state index contributed by atoms with van der Waals surface area (Å²) in [5.74, 6) is -0.300. The van der Waals surface area contributed by atoms with Crippen LogP contribution in [0.25, 0.3) is 0 Å². The van der Waals surface area contributed by atoms with Crippen molar-refractivity contribution < 1.29 is 9.59 Å². The summed E-state index contributed by atoms with van der Waals surface area (Å²) in [6, 6.07) is 12.9. The normalized spacial score (nSPS) is 15.9. The van der Waals surface area contributed by atoms with Crippen LogP contribution in [-0.2, 0) is 17.9 Å². The molecule has 0 unspecified atom stereocenters. The van der Waals surface area contributed by atoms with Crippen LogP contribution >= 0.6 is 0 Å². The number of aromatic amines is 1. The van der Waals surface area contributed by atoms with Gasteiger partial charge >= 0.3 is 0 Å². The molecule has 3 aromatic rings. The van der Waals surface area contributed by atoms with Crippen molar-refractivity contribution in [2.45, 2.75) is 38.8 Å². The van der Waals surface area contributed by atoms with E-state index in [9.17, 15) is 14.4 Å². The van der Waals surface area contributed by atoms with E-state index in [1.54, 1.807) is 36.0 Å². The maximum absolute atomic E-state index is 13.1. The zero-order valence-corrected chi connectivity index (χ0v) is 18.9. The van der Waals surface area contributed by atoms with Gasteiger partial charge in [-0.15, -0.1) is 0 Å². The van der Waals surface area contributed by atoms with Gasteiger partial charge in [-0.25, -0.2) is 4.68 Å². The first-order chi connectivity index (χ1) is 15.9. The molecular weight excluding hydrogens is 420 g/mol.